The second kappa shape index (κ2) is 6.95. The van der Waals surface area contributed by atoms with E-state index in [1.165, 1.54) is 23.9 Å². The zero-order chi connectivity index (χ0) is 13.5. The summed E-state index contributed by atoms with van der Waals surface area (Å²) in [4.78, 5) is 4.30. The van der Waals surface area contributed by atoms with Crippen LogP contribution in [0.25, 0.3) is 0 Å². The molecule has 0 spiro atoms. The zero-order valence-electron chi connectivity index (χ0n) is 10.4. The molecule has 2 rings (SSSR count). The molecule has 2 aromatic rings. The van der Waals surface area contributed by atoms with Crippen molar-refractivity contribution in [3.8, 4) is 0 Å². The Morgan fingerprint density at radius 1 is 1.05 bits per heavy atom. The summed E-state index contributed by atoms with van der Waals surface area (Å²) in [5.41, 5.74) is 7.85. The molecular weight excluding hydrogens is 259 g/mol. The van der Waals surface area contributed by atoms with Crippen LogP contribution < -0.4 is 5.73 Å². The van der Waals surface area contributed by atoms with Gasteiger partial charge in [0.2, 0.25) is 0 Å². The van der Waals surface area contributed by atoms with Crippen molar-refractivity contribution in [1.82, 2.24) is 0 Å². The SMILES string of the molecule is NC(=NCc1ccccc1)SCc1cccc(F)c1. The lowest BCUT2D eigenvalue weighted by Crippen LogP contribution is -2.07. The highest BCUT2D eigenvalue weighted by molar-refractivity contribution is 8.13. The second-order valence-corrected chi connectivity index (χ2v) is 5.05. The average Bonchev–Trinajstić information content (AvgIpc) is 2.44. The van der Waals surface area contributed by atoms with E-state index >= 15 is 0 Å². The third-order valence-corrected chi connectivity index (χ3v) is 3.44. The fraction of sp³-hybridized carbons (Fsp3) is 0.133. The highest BCUT2D eigenvalue weighted by Crippen LogP contribution is 2.13. The van der Waals surface area contributed by atoms with E-state index in [1.54, 1.807) is 6.07 Å². The molecule has 0 aliphatic carbocycles. The summed E-state index contributed by atoms with van der Waals surface area (Å²) in [5, 5.41) is 0.521. The molecule has 2 aromatic carbocycles. The summed E-state index contributed by atoms with van der Waals surface area (Å²) >= 11 is 1.42. The maximum absolute atomic E-state index is 13.0. The van der Waals surface area contributed by atoms with E-state index < -0.39 is 0 Å². The minimum Gasteiger partial charge on any atom is -0.379 e. The molecule has 0 fully saturated rings. The van der Waals surface area contributed by atoms with Gasteiger partial charge in [-0.3, -0.25) is 4.99 Å². The van der Waals surface area contributed by atoms with Crippen LogP contribution in [-0.2, 0) is 12.3 Å². The third kappa shape index (κ3) is 4.75. The van der Waals surface area contributed by atoms with Crippen molar-refractivity contribution in [1.29, 1.82) is 0 Å². The quantitative estimate of drug-likeness (QED) is 0.683. The predicted octanol–water partition coefficient (Wildman–Crippen LogP) is 3.57. The van der Waals surface area contributed by atoms with Crippen molar-refractivity contribution in [2.45, 2.75) is 12.3 Å². The monoisotopic (exact) mass is 274 g/mol. The number of benzene rings is 2. The maximum atomic E-state index is 13.0. The summed E-state index contributed by atoms with van der Waals surface area (Å²) in [7, 11) is 0. The number of halogens is 1. The van der Waals surface area contributed by atoms with Crippen LogP contribution in [0.4, 0.5) is 4.39 Å². The topological polar surface area (TPSA) is 38.4 Å². The smallest absolute Gasteiger partial charge is 0.154 e. The Labute approximate surface area is 116 Å². The van der Waals surface area contributed by atoms with E-state index in [1.807, 2.05) is 36.4 Å². The molecule has 0 saturated heterocycles. The summed E-state index contributed by atoms with van der Waals surface area (Å²) in [6.07, 6.45) is 0. The Balaban J connectivity index is 1.86. The Bertz CT molecular complexity index is 555. The number of thioether (sulfide) groups is 1. The molecule has 0 aliphatic heterocycles. The van der Waals surface area contributed by atoms with Crippen LogP contribution in [0.5, 0.6) is 0 Å². The van der Waals surface area contributed by atoms with E-state index in [4.69, 9.17) is 5.73 Å². The van der Waals surface area contributed by atoms with Gasteiger partial charge in [0.25, 0.3) is 0 Å². The van der Waals surface area contributed by atoms with Crippen molar-refractivity contribution < 1.29 is 4.39 Å². The molecule has 0 saturated carbocycles. The molecule has 0 unspecified atom stereocenters. The van der Waals surface area contributed by atoms with Crippen molar-refractivity contribution in [2.24, 2.45) is 10.7 Å². The lowest BCUT2D eigenvalue weighted by Gasteiger charge is -2.02. The van der Waals surface area contributed by atoms with Gasteiger partial charge in [0, 0.05) is 5.75 Å². The van der Waals surface area contributed by atoms with Crippen molar-refractivity contribution in [3.63, 3.8) is 0 Å². The molecule has 19 heavy (non-hydrogen) atoms. The first-order valence-corrected chi connectivity index (χ1v) is 6.94. The number of hydrogen-bond donors (Lipinski definition) is 1. The highest BCUT2D eigenvalue weighted by Gasteiger charge is 1.98. The van der Waals surface area contributed by atoms with Crippen LogP contribution >= 0.6 is 11.8 Å². The maximum Gasteiger partial charge on any atom is 0.154 e. The van der Waals surface area contributed by atoms with Gasteiger partial charge < -0.3 is 5.73 Å². The van der Waals surface area contributed by atoms with Gasteiger partial charge in [-0.25, -0.2) is 4.39 Å². The van der Waals surface area contributed by atoms with Crippen LogP contribution in [0, 0.1) is 5.82 Å². The third-order valence-electron chi connectivity index (χ3n) is 2.54. The Morgan fingerprint density at radius 2 is 1.79 bits per heavy atom. The van der Waals surface area contributed by atoms with Crippen molar-refractivity contribution in [3.05, 3.63) is 71.5 Å². The Morgan fingerprint density at radius 3 is 2.53 bits per heavy atom. The fourth-order valence-corrected chi connectivity index (χ4v) is 2.23. The van der Waals surface area contributed by atoms with E-state index in [9.17, 15) is 4.39 Å². The Kier molecular flexibility index (Phi) is 4.98. The molecule has 0 aliphatic rings. The molecule has 0 radical (unpaired) electrons. The minimum atomic E-state index is -0.224. The standard InChI is InChI=1S/C15H15FN2S/c16-14-8-4-7-13(9-14)11-19-15(17)18-10-12-5-2-1-3-6-12/h1-9H,10-11H2,(H2,17,18). The molecule has 98 valence electrons. The summed E-state index contributed by atoms with van der Waals surface area (Å²) in [6.45, 7) is 0.572. The van der Waals surface area contributed by atoms with E-state index in [2.05, 4.69) is 4.99 Å². The number of nitrogens with two attached hydrogens (primary N) is 1. The largest absolute Gasteiger partial charge is 0.379 e. The number of nitrogens with zero attached hydrogens (tertiary/aromatic N) is 1. The first-order valence-electron chi connectivity index (χ1n) is 5.95. The van der Waals surface area contributed by atoms with Gasteiger partial charge in [0.05, 0.1) is 6.54 Å². The summed E-state index contributed by atoms with van der Waals surface area (Å²) < 4.78 is 13.0. The van der Waals surface area contributed by atoms with Crippen molar-refractivity contribution in [2.75, 3.05) is 0 Å². The molecule has 0 amide bonds. The number of aliphatic imine (C=N–C) groups is 1. The Hall–Kier alpha value is -1.81. The van der Waals surface area contributed by atoms with Crippen LogP contribution in [-0.4, -0.2) is 5.17 Å². The molecule has 0 bridgehead atoms. The lowest BCUT2D eigenvalue weighted by atomic mass is 10.2. The van der Waals surface area contributed by atoms with Gasteiger partial charge >= 0.3 is 0 Å². The fourth-order valence-electron chi connectivity index (χ4n) is 1.58. The molecule has 0 heterocycles. The van der Waals surface area contributed by atoms with E-state index in [0.29, 0.717) is 17.5 Å². The number of amidine groups is 1. The number of hydrogen-bond acceptors (Lipinski definition) is 2. The molecule has 0 atom stereocenters. The van der Waals surface area contributed by atoms with E-state index in [0.717, 1.165) is 11.1 Å². The summed E-state index contributed by atoms with van der Waals surface area (Å²) in [6, 6.07) is 16.4. The predicted molar refractivity (Wildman–Crippen MR) is 79.5 cm³/mol. The van der Waals surface area contributed by atoms with Crippen LogP contribution in [0.3, 0.4) is 0 Å². The summed E-state index contributed by atoms with van der Waals surface area (Å²) in [5.74, 6) is 0.403. The molecular formula is C15H15FN2S. The zero-order valence-corrected chi connectivity index (χ0v) is 11.2. The van der Waals surface area contributed by atoms with Gasteiger partial charge in [0.1, 0.15) is 5.82 Å². The van der Waals surface area contributed by atoms with Crippen LogP contribution in [0.15, 0.2) is 59.6 Å². The van der Waals surface area contributed by atoms with Crippen LogP contribution in [0.2, 0.25) is 0 Å². The first-order chi connectivity index (χ1) is 9.24. The molecule has 4 heteroatoms. The second-order valence-electron chi connectivity index (χ2n) is 4.06. The van der Waals surface area contributed by atoms with Gasteiger partial charge in [0.15, 0.2) is 5.17 Å². The molecule has 2 nitrogen and oxygen atoms in total. The van der Waals surface area contributed by atoms with Gasteiger partial charge in [-0.2, -0.15) is 0 Å². The normalized spacial score (nSPS) is 11.5. The van der Waals surface area contributed by atoms with Gasteiger partial charge in [-0.05, 0) is 23.3 Å². The lowest BCUT2D eigenvalue weighted by molar-refractivity contribution is 0.626. The number of rotatable bonds is 4. The highest BCUT2D eigenvalue weighted by atomic mass is 32.2. The minimum absolute atomic E-state index is 0.224. The average molecular weight is 274 g/mol. The van der Waals surface area contributed by atoms with Crippen LogP contribution in [0.1, 0.15) is 11.1 Å². The van der Waals surface area contributed by atoms with Gasteiger partial charge in [-0.15, -0.1) is 0 Å². The first kappa shape index (κ1) is 13.6. The van der Waals surface area contributed by atoms with E-state index in [-0.39, 0.29) is 5.82 Å². The molecule has 2 N–H and O–H groups in total. The van der Waals surface area contributed by atoms with Crippen molar-refractivity contribution >= 4 is 16.9 Å². The van der Waals surface area contributed by atoms with Gasteiger partial charge in [-0.1, -0.05) is 54.2 Å². The molecule has 0 aromatic heterocycles.